The molecule has 0 bridgehead atoms. The van der Waals surface area contributed by atoms with Crippen LogP contribution in [-0.4, -0.2) is 45.0 Å². The van der Waals surface area contributed by atoms with Gasteiger partial charge in [0.25, 0.3) is 0 Å². The number of benzene rings is 1. The van der Waals surface area contributed by atoms with E-state index in [1.54, 1.807) is 0 Å². The van der Waals surface area contributed by atoms with Crippen molar-refractivity contribution < 1.29 is 29.6 Å². The molecule has 0 aliphatic carbocycles. The Morgan fingerprint density at radius 3 is 2.56 bits per heavy atom. The Morgan fingerprint density at radius 1 is 1.20 bits per heavy atom. The number of aliphatic hydroxyl groups is 2. The van der Waals surface area contributed by atoms with E-state index in [1.165, 1.54) is 12.3 Å². The minimum absolute atomic E-state index is 0.0786. The Labute approximate surface area is 144 Å². The molecular formula is C17H20N2O6. The van der Waals surface area contributed by atoms with Crippen molar-refractivity contribution in [1.82, 2.24) is 10.3 Å². The number of carboxylic acid groups (broad SMARTS) is 1. The van der Waals surface area contributed by atoms with Crippen LogP contribution >= 0.6 is 0 Å². The molecule has 0 radical (unpaired) electrons. The number of hydrogen-bond donors (Lipinski definition) is 5. The van der Waals surface area contributed by atoms with Gasteiger partial charge in [-0.15, -0.1) is 0 Å². The molecule has 1 aromatic heterocycles. The van der Waals surface area contributed by atoms with E-state index in [2.05, 4.69) is 10.3 Å². The summed E-state index contributed by atoms with van der Waals surface area (Å²) >= 11 is 0. The Morgan fingerprint density at radius 2 is 1.92 bits per heavy atom. The second-order valence-corrected chi connectivity index (χ2v) is 5.44. The number of hydrogen-bond acceptors (Lipinski definition) is 5. The molecule has 0 saturated carbocycles. The Hall–Kier alpha value is -2.84. The van der Waals surface area contributed by atoms with Crippen molar-refractivity contribution in [2.24, 2.45) is 0 Å². The molecule has 0 spiro atoms. The molecule has 8 nitrogen and oxygen atoms in total. The summed E-state index contributed by atoms with van der Waals surface area (Å²) in [6.07, 6.45) is -1.65. The number of carbonyl (C=O) groups is 2. The van der Waals surface area contributed by atoms with Gasteiger partial charge in [0.05, 0.1) is 6.10 Å². The lowest BCUT2D eigenvalue weighted by Crippen LogP contribution is -2.29. The highest BCUT2D eigenvalue weighted by atomic mass is 16.5. The molecule has 25 heavy (non-hydrogen) atoms. The second-order valence-electron chi connectivity index (χ2n) is 5.44. The van der Waals surface area contributed by atoms with Crippen LogP contribution < -0.4 is 5.32 Å². The molecule has 2 rings (SSSR count). The molecule has 1 aromatic carbocycles. The van der Waals surface area contributed by atoms with Crippen LogP contribution in [0.25, 0.3) is 0 Å². The quantitative estimate of drug-likeness (QED) is 0.490. The van der Waals surface area contributed by atoms with E-state index in [0.717, 1.165) is 5.56 Å². The van der Waals surface area contributed by atoms with Crippen LogP contribution in [0.1, 0.15) is 34.1 Å². The Balaban J connectivity index is 1.70. The number of aliphatic hydroxyl groups excluding tert-OH is 2. The number of nitrogens with one attached hydrogen (secondary N) is 2. The van der Waals surface area contributed by atoms with Crippen molar-refractivity contribution in [1.29, 1.82) is 0 Å². The molecule has 5 N–H and O–H groups in total. The van der Waals surface area contributed by atoms with E-state index in [0.29, 0.717) is 0 Å². The van der Waals surface area contributed by atoms with Gasteiger partial charge in [-0.3, -0.25) is 0 Å². The van der Waals surface area contributed by atoms with Crippen molar-refractivity contribution in [2.75, 3.05) is 6.54 Å². The minimum atomic E-state index is -1.26. The number of aromatic nitrogens is 1. The summed E-state index contributed by atoms with van der Waals surface area (Å²) in [7, 11) is 0. The number of aromatic carboxylic acids is 1. The number of alkyl carbamates (subject to hydrolysis) is 1. The lowest BCUT2D eigenvalue weighted by atomic mass is 10.0. The van der Waals surface area contributed by atoms with Gasteiger partial charge >= 0.3 is 12.1 Å². The Kier molecular flexibility index (Phi) is 6.55. The first-order valence-corrected chi connectivity index (χ1v) is 7.69. The number of H-pyrrole nitrogens is 1. The predicted molar refractivity (Wildman–Crippen MR) is 88.0 cm³/mol. The summed E-state index contributed by atoms with van der Waals surface area (Å²) < 4.78 is 5.02. The average molecular weight is 348 g/mol. The molecule has 0 aliphatic heterocycles. The van der Waals surface area contributed by atoms with Gasteiger partial charge in [-0.05, 0) is 18.1 Å². The van der Waals surface area contributed by atoms with Crippen LogP contribution in [0.15, 0.2) is 42.6 Å². The van der Waals surface area contributed by atoms with Crippen LogP contribution in [0.4, 0.5) is 4.79 Å². The lowest BCUT2D eigenvalue weighted by molar-refractivity contribution is 0.0137. The average Bonchev–Trinajstić information content (AvgIpc) is 3.10. The van der Waals surface area contributed by atoms with Crippen LogP contribution in [0, 0.1) is 0 Å². The van der Waals surface area contributed by atoms with Gasteiger partial charge in [-0.25, -0.2) is 9.59 Å². The summed E-state index contributed by atoms with van der Waals surface area (Å²) in [6.45, 7) is 0.237. The van der Waals surface area contributed by atoms with Crippen molar-refractivity contribution in [2.45, 2.75) is 25.2 Å². The van der Waals surface area contributed by atoms with Crippen molar-refractivity contribution in [3.63, 3.8) is 0 Å². The molecule has 0 saturated heterocycles. The third kappa shape index (κ3) is 5.63. The van der Waals surface area contributed by atoms with Crippen LogP contribution in [0.5, 0.6) is 0 Å². The zero-order valence-corrected chi connectivity index (χ0v) is 13.4. The van der Waals surface area contributed by atoms with Crippen molar-refractivity contribution in [3.8, 4) is 0 Å². The van der Waals surface area contributed by atoms with E-state index in [4.69, 9.17) is 9.84 Å². The third-order valence-corrected chi connectivity index (χ3v) is 3.56. The summed E-state index contributed by atoms with van der Waals surface area (Å²) in [5.74, 6) is -1.16. The van der Waals surface area contributed by atoms with Gasteiger partial charge < -0.3 is 30.4 Å². The lowest BCUT2D eigenvalue weighted by Gasteiger charge is -2.17. The fraction of sp³-hybridized carbons (Fsp3) is 0.294. The molecule has 0 fully saturated rings. The highest BCUT2D eigenvalue weighted by Crippen LogP contribution is 2.19. The zero-order valence-electron chi connectivity index (χ0n) is 13.4. The topological polar surface area (TPSA) is 132 Å². The monoisotopic (exact) mass is 348 g/mol. The summed E-state index contributed by atoms with van der Waals surface area (Å²) in [5, 5.41) is 31.2. The maximum Gasteiger partial charge on any atom is 0.407 e. The third-order valence-electron chi connectivity index (χ3n) is 3.56. The first-order valence-electron chi connectivity index (χ1n) is 7.69. The molecule has 2 aromatic rings. The summed E-state index contributed by atoms with van der Waals surface area (Å²) in [5.41, 5.74) is 1.04. The van der Waals surface area contributed by atoms with Gasteiger partial charge in [-0.2, -0.15) is 0 Å². The molecule has 1 heterocycles. The van der Waals surface area contributed by atoms with Gasteiger partial charge in [0.1, 0.15) is 18.4 Å². The second kappa shape index (κ2) is 8.86. The number of carboxylic acids is 1. The molecule has 8 heteroatoms. The smallest absolute Gasteiger partial charge is 0.407 e. The molecular weight excluding hydrogens is 328 g/mol. The molecule has 134 valence electrons. The number of amides is 1. The van der Waals surface area contributed by atoms with Crippen molar-refractivity contribution in [3.05, 3.63) is 59.4 Å². The normalized spacial score (nSPS) is 13.0. The molecule has 2 atom stereocenters. The Bertz CT molecular complexity index is 700. The van der Waals surface area contributed by atoms with Crippen LogP contribution in [-0.2, 0) is 11.3 Å². The first kappa shape index (κ1) is 18.5. The van der Waals surface area contributed by atoms with Gasteiger partial charge in [0.2, 0.25) is 0 Å². The largest absolute Gasteiger partial charge is 0.477 e. The van der Waals surface area contributed by atoms with Crippen LogP contribution in [0.2, 0.25) is 0 Å². The molecule has 0 aliphatic rings. The van der Waals surface area contributed by atoms with Gasteiger partial charge in [-0.1, -0.05) is 30.3 Å². The van der Waals surface area contributed by atoms with Crippen molar-refractivity contribution >= 4 is 12.1 Å². The fourth-order valence-corrected chi connectivity index (χ4v) is 2.18. The standard InChI is InChI=1S/C17H20N2O6/c20-14(15(21)12-8-13(16(22)23)19-9-12)6-7-18-17(24)25-10-11-4-2-1-3-5-11/h1-5,8-9,14-15,19-21H,6-7,10H2,(H,18,24)(H,22,23). The van der Waals surface area contributed by atoms with E-state index in [1.807, 2.05) is 30.3 Å². The number of rotatable bonds is 8. The number of carbonyl (C=O) groups excluding carboxylic acids is 1. The zero-order chi connectivity index (χ0) is 18.2. The summed E-state index contributed by atoms with van der Waals surface area (Å²) in [6, 6.07) is 10.4. The van der Waals surface area contributed by atoms with Crippen LogP contribution in [0.3, 0.4) is 0 Å². The first-order chi connectivity index (χ1) is 12.0. The number of ether oxygens (including phenoxy) is 1. The fourth-order valence-electron chi connectivity index (χ4n) is 2.18. The highest BCUT2D eigenvalue weighted by molar-refractivity contribution is 5.85. The predicted octanol–water partition coefficient (Wildman–Crippen LogP) is 1.42. The highest BCUT2D eigenvalue weighted by Gasteiger charge is 2.20. The maximum atomic E-state index is 11.6. The van der Waals surface area contributed by atoms with E-state index >= 15 is 0 Å². The van der Waals surface area contributed by atoms with Gasteiger partial charge in [0, 0.05) is 18.3 Å². The molecule has 2 unspecified atom stereocenters. The maximum absolute atomic E-state index is 11.6. The van der Waals surface area contributed by atoms with E-state index < -0.39 is 24.3 Å². The minimum Gasteiger partial charge on any atom is -0.477 e. The summed E-state index contributed by atoms with van der Waals surface area (Å²) in [4.78, 5) is 24.8. The van der Waals surface area contributed by atoms with E-state index in [9.17, 15) is 19.8 Å². The van der Waals surface area contributed by atoms with Gasteiger partial charge in [0.15, 0.2) is 0 Å². The molecule has 1 amide bonds. The van der Waals surface area contributed by atoms with E-state index in [-0.39, 0.29) is 30.8 Å². The number of aromatic amines is 1. The SMILES string of the molecule is O=C(NCCC(O)C(O)c1c[nH]c(C(=O)O)c1)OCc1ccccc1.